The van der Waals surface area contributed by atoms with Crippen molar-refractivity contribution >= 4 is 40.2 Å². The highest BCUT2D eigenvalue weighted by Gasteiger charge is 2.25. The second kappa shape index (κ2) is 12.5. The summed E-state index contributed by atoms with van der Waals surface area (Å²) in [5.41, 5.74) is 1.03. The highest BCUT2D eigenvalue weighted by atomic mass is 35.5. The third-order valence-electron chi connectivity index (χ3n) is 7.23. The van der Waals surface area contributed by atoms with E-state index in [1.807, 2.05) is 6.92 Å². The molecule has 1 aliphatic rings. The number of rotatable bonds is 10. The Hall–Kier alpha value is -2.59. The van der Waals surface area contributed by atoms with Gasteiger partial charge < -0.3 is 19.7 Å². The van der Waals surface area contributed by atoms with Crippen LogP contribution in [0, 0.1) is 0 Å². The molecule has 0 radical (unpaired) electrons. The van der Waals surface area contributed by atoms with E-state index in [-0.39, 0.29) is 15.6 Å². The summed E-state index contributed by atoms with van der Waals surface area (Å²) in [7, 11) is 5.18. The van der Waals surface area contributed by atoms with Crippen LogP contribution in [0.4, 0.5) is 5.95 Å². The van der Waals surface area contributed by atoms with E-state index in [1.54, 1.807) is 22.9 Å². The zero-order valence-corrected chi connectivity index (χ0v) is 24.2. The number of piperidine rings is 1. The SMILES string of the molecule is CCNc1ncc2cc(-c3c(Cl)c(OC)cc(OC)c3Cl)c(=O)n(CCN(CC)C3CCN(C)CC3)c2n1. The van der Waals surface area contributed by atoms with Crippen LogP contribution >= 0.6 is 23.2 Å². The summed E-state index contributed by atoms with van der Waals surface area (Å²) in [6.07, 6.45) is 3.94. The highest BCUT2D eigenvalue weighted by Crippen LogP contribution is 2.45. The number of hydrogen-bond acceptors (Lipinski definition) is 8. The molecule has 0 spiro atoms. The molecule has 0 amide bonds. The van der Waals surface area contributed by atoms with Crippen molar-refractivity contribution in [3.63, 3.8) is 0 Å². The summed E-state index contributed by atoms with van der Waals surface area (Å²) < 4.78 is 12.6. The van der Waals surface area contributed by atoms with Crippen LogP contribution in [0.3, 0.4) is 0 Å². The van der Waals surface area contributed by atoms with Crippen molar-refractivity contribution in [2.45, 2.75) is 39.3 Å². The molecule has 0 atom stereocenters. The van der Waals surface area contributed by atoms with Crippen molar-refractivity contribution in [3.05, 3.63) is 38.7 Å². The Morgan fingerprint density at radius 1 is 1.11 bits per heavy atom. The van der Waals surface area contributed by atoms with E-state index in [0.717, 1.165) is 32.5 Å². The smallest absolute Gasteiger partial charge is 0.260 e. The number of nitrogens with zero attached hydrogens (tertiary/aromatic N) is 5. The molecule has 3 heterocycles. The molecular formula is C27H36Cl2N6O3. The maximum atomic E-state index is 14.1. The molecule has 9 nitrogen and oxygen atoms in total. The van der Waals surface area contributed by atoms with Gasteiger partial charge in [0.25, 0.3) is 5.56 Å². The zero-order valence-electron chi connectivity index (χ0n) is 22.7. The lowest BCUT2D eigenvalue weighted by atomic mass is 10.0. The first kappa shape index (κ1) is 28.4. The van der Waals surface area contributed by atoms with Crippen LogP contribution in [0.2, 0.25) is 10.0 Å². The quantitative estimate of drug-likeness (QED) is 0.383. The van der Waals surface area contributed by atoms with Gasteiger partial charge in [-0.2, -0.15) is 4.98 Å². The topological polar surface area (TPSA) is 84.8 Å². The summed E-state index contributed by atoms with van der Waals surface area (Å²) in [6.45, 7) is 9.05. The maximum Gasteiger partial charge on any atom is 0.260 e. The Morgan fingerprint density at radius 2 is 1.76 bits per heavy atom. The average molecular weight is 564 g/mol. The van der Waals surface area contributed by atoms with Crippen molar-refractivity contribution in [2.75, 3.05) is 59.3 Å². The molecule has 0 bridgehead atoms. The molecule has 4 rings (SSSR count). The monoisotopic (exact) mass is 562 g/mol. The van der Waals surface area contributed by atoms with E-state index < -0.39 is 0 Å². The molecule has 1 aromatic carbocycles. The normalized spacial score (nSPS) is 14.8. The van der Waals surface area contributed by atoms with E-state index in [1.165, 1.54) is 14.2 Å². The predicted octanol–water partition coefficient (Wildman–Crippen LogP) is 4.63. The molecule has 206 valence electrons. The van der Waals surface area contributed by atoms with Gasteiger partial charge in [-0.1, -0.05) is 30.1 Å². The fourth-order valence-electron chi connectivity index (χ4n) is 5.10. The Kier molecular flexibility index (Phi) is 9.36. The molecular weight excluding hydrogens is 527 g/mol. The molecule has 1 N–H and O–H groups in total. The summed E-state index contributed by atoms with van der Waals surface area (Å²) >= 11 is 13.4. The van der Waals surface area contributed by atoms with E-state index in [4.69, 9.17) is 37.7 Å². The molecule has 1 fully saturated rings. The number of ether oxygens (including phenoxy) is 2. The molecule has 0 unspecified atom stereocenters. The number of nitrogens with one attached hydrogen (secondary N) is 1. The van der Waals surface area contributed by atoms with Crippen LogP contribution in [0.15, 0.2) is 23.1 Å². The number of halogens is 2. The Labute approximate surface area is 233 Å². The van der Waals surface area contributed by atoms with E-state index in [2.05, 4.69) is 34.1 Å². The first-order valence-corrected chi connectivity index (χ1v) is 13.8. The lowest BCUT2D eigenvalue weighted by Gasteiger charge is -2.37. The first-order chi connectivity index (χ1) is 18.3. The molecule has 3 aromatic rings. The van der Waals surface area contributed by atoms with Crippen LogP contribution in [0.1, 0.15) is 26.7 Å². The van der Waals surface area contributed by atoms with Gasteiger partial charge in [0.2, 0.25) is 5.95 Å². The first-order valence-electron chi connectivity index (χ1n) is 13.0. The van der Waals surface area contributed by atoms with Crippen LogP contribution in [0.25, 0.3) is 22.2 Å². The molecule has 0 aliphatic carbocycles. The van der Waals surface area contributed by atoms with Gasteiger partial charge in [0.15, 0.2) is 0 Å². The number of likely N-dealkylation sites (N-methyl/N-ethyl adjacent to an activating group) is 1. The van der Waals surface area contributed by atoms with E-state index in [9.17, 15) is 4.79 Å². The number of fused-ring (bicyclic) bond motifs is 1. The number of methoxy groups -OCH3 is 2. The van der Waals surface area contributed by atoms with Crippen molar-refractivity contribution in [1.82, 2.24) is 24.3 Å². The number of aromatic nitrogens is 3. The van der Waals surface area contributed by atoms with Crippen LogP contribution in [-0.4, -0.2) is 84.4 Å². The highest BCUT2D eigenvalue weighted by molar-refractivity contribution is 6.41. The molecule has 2 aromatic heterocycles. The summed E-state index contributed by atoms with van der Waals surface area (Å²) in [6, 6.07) is 3.84. The molecule has 11 heteroatoms. The van der Waals surface area contributed by atoms with Gasteiger partial charge >= 0.3 is 0 Å². The van der Waals surface area contributed by atoms with Gasteiger partial charge in [0.1, 0.15) is 17.1 Å². The fourth-order valence-corrected chi connectivity index (χ4v) is 5.80. The van der Waals surface area contributed by atoms with Crippen molar-refractivity contribution in [2.24, 2.45) is 0 Å². The van der Waals surface area contributed by atoms with Crippen LogP contribution < -0.4 is 20.3 Å². The fraction of sp³-hybridized carbons (Fsp3) is 0.519. The van der Waals surface area contributed by atoms with Crippen LogP contribution in [-0.2, 0) is 6.54 Å². The Morgan fingerprint density at radius 3 is 2.34 bits per heavy atom. The minimum absolute atomic E-state index is 0.239. The number of anilines is 1. The molecule has 38 heavy (non-hydrogen) atoms. The molecule has 1 aliphatic heterocycles. The van der Waals surface area contributed by atoms with Gasteiger partial charge in [-0.3, -0.25) is 14.3 Å². The minimum Gasteiger partial charge on any atom is -0.495 e. The van der Waals surface area contributed by atoms with E-state index in [0.29, 0.717) is 65.3 Å². The lowest BCUT2D eigenvalue weighted by molar-refractivity contribution is 0.122. The average Bonchev–Trinajstić information content (AvgIpc) is 2.92. The van der Waals surface area contributed by atoms with Crippen molar-refractivity contribution < 1.29 is 9.47 Å². The third-order valence-corrected chi connectivity index (χ3v) is 7.98. The molecule has 0 saturated carbocycles. The predicted molar refractivity (Wildman–Crippen MR) is 154 cm³/mol. The number of benzene rings is 1. The molecule has 1 saturated heterocycles. The standard InChI is InChI=1S/C27H36Cl2N6O3/c1-6-30-27-31-16-17-14-19(22-23(28)20(37-4)15-21(38-5)24(22)29)26(36)35(25(17)32-27)13-12-34(7-2)18-8-10-33(3)11-9-18/h14-16,18H,6-13H2,1-5H3,(H,30,31,32). The Balaban J connectivity index is 1.84. The lowest BCUT2D eigenvalue weighted by Crippen LogP contribution is -2.45. The van der Waals surface area contributed by atoms with Gasteiger partial charge in [0, 0.05) is 48.9 Å². The zero-order chi connectivity index (χ0) is 27.4. The maximum absolute atomic E-state index is 14.1. The van der Waals surface area contributed by atoms with Gasteiger partial charge in [-0.25, -0.2) is 4.98 Å². The van der Waals surface area contributed by atoms with Crippen molar-refractivity contribution in [1.29, 1.82) is 0 Å². The van der Waals surface area contributed by atoms with Crippen molar-refractivity contribution in [3.8, 4) is 22.6 Å². The Bertz CT molecular complexity index is 1310. The largest absolute Gasteiger partial charge is 0.495 e. The number of pyridine rings is 1. The third kappa shape index (κ3) is 5.71. The van der Waals surface area contributed by atoms with E-state index >= 15 is 0 Å². The van der Waals surface area contributed by atoms with Gasteiger partial charge in [-0.05, 0) is 52.5 Å². The number of likely N-dealkylation sites (tertiary alicyclic amines) is 1. The minimum atomic E-state index is -0.239. The summed E-state index contributed by atoms with van der Waals surface area (Å²) in [5.74, 6) is 1.21. The van der Waals surface area contributed by atoms with Gasteiger partial charge in [0.05, 0.1) is 29.8 Å². The second-order valence-electron chi connectivity index (χ2n) is 9.46. The number of hydrogen-bond donors (Lipinski definition) is 1. The second-order valence-corrected chi connectivity index (χ2v) is 10.2. The summed E-state index contributed by atoms with van der Waals surface area (Å²) in [4.78, 5) is 28.1. The van der Waals surface area contributed by atoms with Crippen LogP contribution in [0.5, 0.6) is 11.5 Å². The summed E-state index contributed by atoms with van der Waals surface area (Å²) in [5, 5.41) is 4.34. The van der Waals surface area contributed by atoms with Gasteiger partial charge in [-0.15, -0.1) is 0 Å².